The molecule has 3 nitrogen and oxygen atoms in total. The van der Waals surface area contributed by atoms with Gasteiger partial charge < -0.3 is 10.6 Å². The van der Waals surface area contributed by atoms with Crippen LogP contribution < -0.4 is 10.6 Å². The topological polar surface area (TPSA) is 41.1 Å². The third kappa shape index (κ3) is 3.44. The van der Waals surface area contributed by atoms with E-state index >= 15 is 0 Å². The minimum absolute atomic E-state index is 0.188. The Morgan fingerprint density at radius 2 is 1.94 bits per heavy atom. The van der Waals surface area contributed by atoms with E-state index in [0.717, 1.165) is 19.5 Å². The molecule has 1 saturated carbocycles. The van der Waals surface area contributed by atoms with Gasteiger partial charge in [0.15, 0.2) is 0 Å². The van der Waals surface area contributed by atoms with Gasteiger partial charge >= 0.3 is 0 Å². The quantitative estimate of drug-likeness (QED) is 0.772. The van der Waals surface area contributed by atoms with Crippen molar-refractivity contribution in [2.24, 2.45) is 17.8 Å². The molecule has 3 heteroatoms. The van der Waals surface area contributed by atoms with Crippen molar-refractivity contribution in [1.29, 1.82) is 0 Å². The molecule has 1 amide bonds. The zero-order valence-electron chi connectivity index (χ0n) is 11.2. The van der Waals surface area contributed by atoms with Crippen molar-refractivity contribution in [2.75, 3.05) is 13.1 Å². The van der Waals surface area contributed by atoms with E-state index in [2.05, 4.69) is 24.5 Å². The molecule has 0 aromatic rings. The molecule has 0 bridgehead atoms. The summed E-state index contributed by atoms with van der Waals surface area (Å²) in [4.78, 5) is 12.2. The largest absolute Gasteiger partial charge is 0.353 e. The predicted octanol–water partition coefficient (Wildman–Crippen LogP) is 1.93. The molecule has 98 valence electrons. The third-order valence-electron chi connectivity index (χ3n) is 4.38. The highest BCUT2D eigenvalue weighted by Crippen LogP contribution is 2.24. The summed E-state index contributed by atoms with van der Waals surface area (Å²) in [5.41, 5.74) is 0. The van der Waals surface area contributed by atoms with Crippen molar-refractivity contribution in [2.45, 2.75) is 52.0 Å². The summed E-state index contributed by atoms with van der Waals surface area (Å²) in [5, 5.41) is 6.63. The van der Waals surface area contributed by atoms with Crippen LogP contribution in [-0.4, -0.2) is 25.0 Å². The molecule has 0 aromatic heterocycles. The molecule has 2 rings (SSSR count). The number of nitrogens with one attached hydrogen (secondary N) is 2. The lowest BCUT2D eigenvalue weighted by atomic mass is 9.85. The van der Waals surface area contributed by atoms with Gasteiger partial charge in [0.2, 0.25) is 5.91 Å². The Bertz CT molecular complexity index is 267. The van der Waals surface area contributed by atoms with Crippen LogP contribution in [0.5, 0.6) is 0 Å². The van der Waals surface area contributed by atoms with E-state index in [-0.39, 0.29) is 11.8 Å². The van der Waals surface area contributed by atoms with Crippen LogP contribution in [0.3, 0.4) is 0 Å². The number of hydrogen-bond donors (Lipinski definition) is 2. The first-order valence-corrected chi connectivity index (χ1v) is 7.18. The Morgan fingerprint density at radius 3 is 2.65 bits per heavy atom. The Balaban J connectivity index is 1.83. The average Bonchev–Trinajstić information content (AvgIpc) is 2.32. The Morgan fingerprint density at radius 1 is 1.18 bits per heavy atom. The first kappa shape index (κ1) is 12.9. The van der Waals surface area contributed by atoms with Gasteiger partial charge in [-0.2, -0.15) is 0 Å². The first-order valence-electron chi connectivity index (χ1n) is 7.18. The van der Waals surface area contributed by atoms with Crippen LogP contribution in [0, 0.1) is 17.8 Å². The lowest BCUT2D eigenvalue weighted by Gasteiger charge is -2.33. The van der Waals surface area contributed by atoms with E-state index < -0.39 is 0 Å². The monoisotopic (exact) mass is 238 g/mol. The number of piperidine rings is 1. The highest BCUT2D eigenvalue weighted by Gasteiger charge is 2.28. The predicted molar refractivity (Wildman–Crippen MR) is 69.7 cm³/mol. The normalized spacial score (nSPS) is 38.7. The van der Waals surface area contributed by atoms with E-state index in [1.165, 1.54) is 25.7 Å². The van der Waals surface area contributed by atoms with Crippen LogP contribution in [0.25, 0.3) is 0 Å². The lowest BCUT2D eigenvalue weighted by Crippen LogP contribution is -2.48. The zero-order valence-corrected chi connectivity index (χ0v) is 11.2. The molecule has 1 saturated heterocycles. The van der Waals surface area contributed by atoms with Gasteiger partial charge in [-0.1, -0.05) is 26.7 Å². The summed E-state index contributed by atoms with van der Waals surface area (Å²) in [6.45, 7) is 6.41. The average molecular weight is 238 g/mol. The molecular weight excluding hydrogens is 212 g/mol. The molecule has 4 unspecified atom stereocenters. The molecule has 2 aliphatic rings. The molecule has 17 heavy (non-hydrogen) atoms. The second kappa shape index (κ2) is 5.85. The van der Waals surface area contributed by atoms with Crippen molar-refractivity contribution < 1.29 is 4.79 Å². The molecule has 1 aliphatic carbocycles. The molecule has 0 aromatic carbocycles. The number of carbonyl (C=O) groups is 1. The summed E-state index contributed by atoms with van der Waals surface area (Å²) in [5.74, 6) is 1.75. The van der Waals surface area contributed by atoms with Crippen molar-refractivity contribution in [3.05, 3.63) is 0 Å². The third-order valence-corrected chi connectivity index (χ3v) is 4.38. The van der Waals surface area contributed by atoms with Crippen LogP contribution in [-0.2, 0) is 4.79 Å². The van der Waals surface area contributed by atoms with Gasteiger partial charge in [-0.3, -0.25) is 4.79 Å². The van der Waals surface area contributed by atoms with Crippen LogP contribution >= 0.6 is 0 Å². The smallest absolute Gasteiger partial charge is 0.224 e. The maximum absolute atomic E-state index is 12.2. The molecule has 0 radical (unpaired) electrons. The number of carbonyl (C=O) groups excluding carboxylic acids is 1. The van der Waals surface area contributed by atoms with Gasteiger partial charge in [0, 0.05) is 12.6 Å². The van der Waals surface area contributed by atoms with Gasteiger partial charge in [-0.05, 0) is 37.6 Å². The van der Waals surface area contributed by atoms with E-state index in [4.69, 9.17) is 0 Å². The summed E-state index contributed by atoms with van der Waals surface area (Å²) >= 11 is 0. The van der Waals surface area contributed by atoms with Crippen molar-refractivity contribution in [3.8, 4) is 0 Å². The maximum atomic E-state index is 12.2. The van der Waals surface area contributed by atoms with Crippen molar-refractivity contribution in [3.63, 3.8) is 0 Å². The number of hydrogen-bond acceptors (Lipinski definition) is 2. The molecule has 2 N–H and O–H groups in total. The van der Waals surface area contributed by atoms with E-state index in [1.807, 2.05) is 0 Å². The SMILES string of the molecule is CC1CNCC(C(=O)NC2CCCCC2C)C1. The lowest BCUT2D eigenvalue weighted by molar-refractivity contribution is -0.127. The van der Waals surface area contributed by atoms with Gasteiger partial charge in [-0.15, -0.1) is 0 Å². The van der Waals surface area contributed by atoms with Crippen molar-refractivity contribution >= 4 is 5.91 Å². The van der Waals surface area contributed by atoms with Gasteiger partial charge in [0.05, 0.1) is 5.92 Å². The summed E-state index contributed by atoms with van der Waals surface area (Å²) < 4.78 is 0. The minimum atomic E-state index is 0.188. The second-order valence-electron chi connectivity index (χ2n) is 6.07. The second-order valence-corrected chi connectivity index (χ2v) is 6.07. The molecule has 0 spiro atoms. The van der Waals surface area contributed by atoms with Crippen LogP contribution in [0.15, 0.2) is 0 Å². The van der Waals surface area contributed by atoms with Gasteiger partial charge in [0.25, 0.3) is 0 Å². The molecule has 1 heterocycles. The fourth-order valence-corrected chi connectivity index (χ4v) is 3.19. The Hall–Kier alpha value is -0.570. The zero-order chi connectivity index (χ0) is 12.3. The fraction of sp³-hybridized carbons (Fsp3) is 0.929. The Labute approximate surface area is 105 Å². The van der Waals surface area contributed by atoms with E-state index in [9.17, 15) is 4.79 Å². The Kier molecular flexibility index (Phi) is 4.43. The summed E-state index contributed by atoms with van der Waals surface area (Å²) in [6, 6.07) is 0.425. The summed E-state index contributed by atoms with van der Waals surface area (Å²) in [6.07, 6.45) is 6.08. The summed E-state index contributed by atoms with van der Waals surface area (Å²) in [7, 11) is 0. The fourth-order valence-electron chi connectivity index (χ4n) is 3.19. The van der Waals surface area contributed by atoms with E-state index in [1.54, 1.807) is 0 Å². The van der Waals surface area contributed by atoms with Crippen molar-refractivity contribution in [1.82, 2.24) is 10.6 Å². The molecule has 2 fully saturated rings. The van der Waals surface area contributed by atoms with Gasteiger partial charge in [-0.25, -0.2) is 0 Å². The van der Waals surface area contributed by atoms with Gasteiger partial charge in [0.1, 0.15) is 0 Å². The number of amides is 1. The van der Waals surface area contributed by atoms with Crippen LogP contribution in [0.1, 0.15) is 46.0 Å². The van der Waals surface area contributed by atoms with Crippen LogP contribution in [0.2, 0.25) is 0 Å². The standard InChI is InChI=1S/C14H26N2O/c1-10-7-12(9-15-8-10)14(17)16-13-6-4-3-5-11(13)2/h10-13,15H,3-9H2,1-2H3,(H,16,17). The van der Waals surface area contributed by atoms with E-state index in [0.29, 0.717) is 17.9 Å². The molecular formula is C14H26N2O. The highest BCUT2D eigenvalue weighted by atomic mass is 16.2. The first-order chi connectivity index (χ1) is 8.16. The minimum Gasteiger partial charge on any atom is -0.353 e. The maximum Gasteiger partial charge on any atom is 0.224 e. The van der Waals surface area contributed by atoms with Crippen LogP contribution in [0.4, 0.5) is 0 Å². The number of rotatable bonds is 2. The highest BCUT2D eigenvalue weighted by molar-refractivity contribution is 5.79. The molecule has 4 atom stereocenters. The molecule has 1 aliphatic heterocycles.